The molecule has 0 fully saturated rings. The number of anilines is 1. The number of aliphatic hydroxyl groups excluding tert-OH is 1. The van der Waals surface area contributed by atoms with E-state index in [1.165, 1.54) is 10.7 Å². The third kappa shape index (κ3) is 2.82. The zero-order chi connectivity index (χ0) is 14.8. The Balaban J connectivity index is 2.54. The van der Waals surface area contributed by atoms with E-state index in [-0.39, 0.29) is 18.0 Å². The first-order valence-corrected chi connectivity index (χ1v) is 7.46. The first kappa shape index (κ1) is 14.5. The average Bonchev–Trinajstić information content (AvgIpc) is 2.75. The summed E-state index contributed by atoms with van der Waals surface area (Å²) in [6.07, 6.45) is 0. The van der Waals surface area contributed by atoms with Crippen molar-refractivity contribution >= 4 is 15.8 Å². The van der Waals surface area contributed by atoms with Crippen molar-refractivity contribution in [3.63, 3.8) is 0 Å². The molecule has 0 radical (unpaired) electrons. The maximum absolute atomic E-state index is 12.2. The van der Waals surface area contributed by atoms with Gasteiger partial charge in [-0.2, -0.15) is 5.10 Å². The Bertz CT molecular complexity index is 709. The van der Waals surface area contributed by atoms with Crippen molar-refractivity contribution in [2.24, 2.45) is 0 Å². The molecule has 2 rings (SSSR count). The van der Waals surface area contributed by atoms with Gasteiger partial charge in [-0.25, -0.2) is 17.8 Å². The molecule has 0 amide bonds. The van der Waals surface area contributed by atoms with Crippen molar-refractivity contribution in [1.29, 1.82) is 0 Å². The molecular formula is C12H16N4O3S. The second-order valence-corrected chi connectivity index (χ2v) is 5.95. The van der Waals surface area contributed by atoms with E-state index in [9.17, 15) is 8.42 Å². The minimum atomic E-state index is -3.74. The number of para-hydroxylation sites is 1. The molecule has 0 aliphatic carbocycles. The molecule has 0 bridgehead atoms. The van der Waals surface area contributed by atoms with E-state index in [0.717, 1.165) is 0 Å². The Morgan fingerprint density at radius 2 is 2.10 bits per heavy atom. The Morgan fingerprint density at radius 1 is 1.40 bits per heavy atom. The Morgan fingerprint density at radius 3 is 2.70 bits per heavy atom. The standard InChI is InChI=1S/C12H16N4O3S/c1-9-8-12(13)16(15-9)10-4-2-3-5-11(10)20(18,19)14-6-7-17/h2-5,8,14,17H,6-7,13H2,1H3. The third-order valence-electron chi connectivity index (χ3n) is 2.65. The van der Waals surface area contributed by atoms with Crippen LogP contribution in [-0.2, 0) is 10.0 Å². The van der Waals surface area contributed by atoms with Gasteiger partial charge in [0.1, 0.15) is 10.7 Å². The maximum atomic E-state index is 12.2. The molecule has 0 unspecified atom stereocenters. The Labute approximate surface area is 117 Å². The summed E-state index contributed by atoms with van der Waals surface area (Å²) in [7, 11) is -3.74. The van der Waals surface area contributed by atoms with Crippen molar-refractivity contribution in [3.8, 4) is 5.69 Å². The molecule has 0 saturated heterocycles. The van der Waals surface area contributed by atoms with Crippen molar-refractivity contribution in [1.82, 2.24) is 14.5 Å². The summed E-state index contributed by atoms with van der Waals surface area (Å²) in [5, 5.41) is 12.9. The van der Waals surface area contributed by atoms with E-state index in [2.05, 4.69) is 9.82 Å². The summed E-state index contributed by atoms with van der Waals surface area (Å²) in [4.78, 5) is 0.0586. The number of aryl methyl sites for hydroxylation is 1. The number of aliphatic hydroxyl groups is 1. The first-order chi connectivity index (χ1) is 9.45. The monoisotopic (exact) mass is 296 g/mol. The molecule has 0 aliphatic heterocycles. The number of nitrogens with two attached hydrogens (primary N) is 1. The molecular weight excluding hydrogens is 280 g/mol. The molecule has 4 N–H and O–H groups in total. The summed E-state index contributed by atoms with van der Waals surface area (Å²) in [5.41, 5.74) is 6.89. The van der Waals surface area contributed by atoms with Crippen molar-refractivity contribution in [2.75, 3.05) is 18.9 Å². The van der Waals surface area contributed by atoms with Crippen molar-refractivity contribution in [2.45, 2.75) is 11.8 Å². The molecule has 1 aromatic carbocycles. The largest absolute Gasteiger partial charge is 0.395 e. The lowest BCUT2D eigenvalue weighted by atomic mass is 10.3. The van der Waals surface area contributed by atoms with Gasteiger partial charge in [0.25, 0.3) is 0 Å². The van der Waals surface area contributed by atoms with Crippen LogP contribution < -0.4 is 10.5 Å². The maximum Gasteiger partial charge on any atom is 0.242 e. The molecule has 0 atom stereocenters. The van der Waals surface area contributed by atoms with Gasteiger partial charge in [0.15, 0.2) is 0 Å². The lowest BCUT2D eigenvalue weighted by molar-refractivity contribution is 0.301. The molecule has 108 valence electrons. The molecule has 0 aliphatic rings. The highest BCUT2D eigenvalue weighted by Gasteiger charge is 2.20. The molecule has 1 aromatic heterocycles. The summed E-state index contributed by atoms with van der Waals surface area (Å²) in [6, 6.07) is 8.06. The molecule has 8 heteroatoms. The number of benzene rings is 1. The van der Waals surface area contributed by atoms with E-state index in [1.54, 1.807) is 31.2 Å². The number of nitrogens with one attached hydrogen (secondary N) is 1. The lowest BCUT2D eigenvalue weighted by Crippen LogP contribution is -2.27. The van der Waals surface area contributed by atoms with Gasteiger partial charge >= 0.3 is 0 Å². The van der Waals surface area contributed by atoms with E-state index in [1.807, 2.05) is 0 Å². The van der Waals surface area contributed by atoms with Gasteiger partial charge < -0.3 is 10.8 Å². The molecule has 0 spiro atoms. The van der Waals surface area contributed by atoms with E-state index >= 15 is 0 Å². The highest BCUT2D eigenvalue weighted by molar-refractivity contribution is 7.89. The van der Waals surface area contributed by atoms with Crippen LogP contribution >= 0.6 is 0 Å². The van der Waals surface area contributed by atoms with Crippen LogP contribution in [0.25, 0.3) is 5.69 Å². The number of rotatable bonds is 5. The van der Waals surface area contributed by atoms with Crippen LogP contribution in [0.1, 0.15) is 5.69 Å². The lowest BCUT2D eigenvalue weighted by Gasteiger charge is -2.11. The van der Waals surface area contributed by atoms with Gasteiger partial charge in [-0.3, -0.25) is 0 Å². The predicted molar refractivity (Wildman–Crippen MR) is 75.0 cm³/mol. The van der Waals surface area contributed by atoms with E-state index in [4.69, 9.17) is 10.8 Å². The Hall–Kier alpha value is -1.90. The predicted octanol–water partition coefficient (Wildman–Crippen LogP) is 0.0335. The van der Waals surface area contributed by atoms with Gasteiger partial charge in [0.2, 0.25) is 10.0 Å². The molecule has 0 saturated carbocycles. The van der Waals surface area contributed by atoms with Crippen LogP contribution in [0, 0.1) is 6.92 Å². The fourth-order valence-corrected chi connectivity index (χ4v) is 3.03. The minimum absolute atomic E-state index is 0.0513. The first-order valence-electron chi connectivity index (χ1n) is 5.98. The van der Waals surface area contributed by atoms with Gasteiger partial charge in [-0.1, -0.05) is 12.1 Å². The van der Waals surface area contributed by atoms with E-state index in [0.29, 0.717) is 17.2 Å². The average molecular weight is 296 g/mol. The number of hydrogen-bond acceptors (Lipinski definition) is 5. The van der Waals surface area contributed by atoms with Crippen molar-refractivity contribution < 1.29 is 13.5 Å². The number of nitrogen functional groups attached to an aromatic ring is 1. The third-order valence-corrected chi connectivity index (χ3v) is 4.15. The zero-order valence-electron chi connectivity index (χ0n) is 10.9. The Kier molecular flexibility index (Phi) is 4.07. The second kappa shape index (κ2) is 5.61. The minimum Gasteiger partial charge on any atom is -0.395 e. The summed E-state index contributed by atoms with van der Waals surface area (Å²) < 4.78 is 28.1. The number of sulfonamides is 1. The summed E-state index contributed by atoms with van der Waals surface area (Å²) in [6.45, 7) is 1.45. The number of aromatic nitrogens is 2. The topological polar surface area (TPSA) is 110 Å². The van der Waals surface area contributed by atoms with Gasteiger partial charge in [-0.15, -0.1) is 0 Å². The van der Waals surface area contributed by atoms with Gasteiger partial charge in [0.05, 0.1) is 18.0 Å². The van der Waals surface area contributed by atoms with Crippen LogP contribution in [0.3, 0.4) is 0 Å². The fourth-order valence-electron chi connectivity index (χ4n) is 1.83. The van der Waals surface area contributed by atoms with Crippen molar-refractivity contribution in [3.05, 3.63) is 36.0 Å². The molecule has 20 heavy (non-hydrogen) atoms. The number of nitrogens with zero attached hydrogens (tertiary/aromatic N) is 2. The van der Waals surface area contributed by atoms with Gasteiger partial charge in [-0.05, 0) is 19.1 Å². The van der Waals surface area contributed by atoms with Crippen LogP contribution in [0.15, 0.2) is 35.2 Å². The van der Waals surface area contributed by atoms with Gasteiger partial charge in [0, 0.05) is 12.6 Å². The molecule has 1 heterocycles. The van der Waals surface area contributed by atoms with Crippen LogP contribution in [0.4, 0.5) is 5.82 Å². The number of hydrogen-bond donors (Lipinski definition) is 3. The molecule has 2 aromatic rings. The smallest absolute Gasteiger partial charge is 0.242 e. The van der Waals surface area contributed by atoms with Crippen LogP contribution in [-0.4, -0.2) is 36.5 Å². The summed E-state index contributed by atoms with van der Waals surface area (Å²) in [5.74, 6) is 0.354. The second-order valence-electron chi connectivity index (χ2n) is 4.21. The normalized spacial score (nSPS) is 11.7. The fraction of sp³-hybridized carbons (Fsp3) is 0.250. The highest BCUT2D eigenvalue weighted by atomic mass is 32.2. The SMILES string of the molecule is Cc1cc(N)n(-c2ccccc2S(=O)(=O)NCCO)n1. The van der Waals surface area contributed by atoms with E-state index < -0.39 is 10.0 Å². The van der Waals surface area contributed by atoms with Crippen LogP contribution in [0.2, 0.25) is 0 Å². The van der Waals surface area contributed by atoms with Crippen LogP contribution in [0.5, 0.6) is 0 Å². The quantitative estimate of drug-likeness (QED) is 0.721. The zero-order valence-corrected chi connectivity index (χ0v) is 11.8. The highest BCUT2D eigenvalue weighted by Crippen LogP contribution is 2.22. The molecule has 7 nitrogen and oxygen atoms in total. The summed E-state index contributed by atoms with van der Waals surface area (Å²) >= 11 is 0.